The van der Waals surface area contributed by atoms with Crippen LogP contribution >= 0.6 is 0 Å². The molecular formula is C18H16N2O4S. The van der Waals surface area contributed by atoms with E-state index in [0.717, 1.165) is 23.3 Å². The molecule has 0 bridgehead atoms. The average Bonchev–Trinajstić information content (AvgIpc) is 3.31. The monoisotopic (exact) mass is 356 g/mol. The van der Waals surface area contributed by atoms with Gasteiger partial charge in [-0.25, -0.2) is 13.1 Å². The number of rotatable bonds is 5. The molecule has 0 fully saturated rings. The van der Waals surface area contributed by atoms with Crippen LogP contribution in [0, 0.1) is 0 Å². The third-order valence-electron chi connectivity index (χ3n) is 4.04. The predicted octanol–water partition coefficient (Wildman–Crippen LogP) is 2.76. The van der Waals surface area contributed by atoms with Gasteiger partial charge in [-0.2, -0.15) is 0 Å². The fourth-order valence-electron chi connectivity index (χ4n) is 2.69. The molecule has 2 aromatic heterocycles. The van der Waals surface area contributed by atoms with E-state index >= 15 is 0 Å². The number of hydrogen-bond acceptors (Lipinski definition) is 5. The minimum Gasteiger partial charge on any atom is -0.493 e. The van der Waals surface area contributed by atoms with Gasteiger partial charge < -0.3 is 9.15 Å². The second-order valence-electron chi connectivity index (χ2n) is 5.72. The molecule has 1 N–H and O–H groups in total. The van der Waals surface area contributed by atoms with Crippen LogP contribution in [0.3, 0.4) is 0 Å². The Morgan fingerprint density at radius 3 is 2.84 bits per heavy atom. The number of benzene rings is 1. The van der Waals surface area contributed by atoms with Crippen molar-refractivity contribution in [3.05, 3.63) is 66.1 Å². The maximum absolute atomic E-state index is 12.5. The summed E-state index contributed by atoms with van der Waals surface area (Å²) in [6.45, 7) is 0.765. The lowest BCUT2D eigenvalue weighted by molar-refractivity contribution is 0.356. The number of nitrogens with one attached hydrogen (secondary N) is 1. The van der Waals surface area contributed by atoms with E-state index in [-0.39, 0.29) is 11.4 Å². The van der Waals surface area contributed by atoms with Gasteiger partial charge >= 0.3 is 0 Å². The number of fused-ring (bicyclic) bond motifs is 1. The van der Waals surface area contributed by atoms with Gasteiger partial charge in [0.25, 0.3) is 0 Å². The van der Waals surface area contributed by atoms with E-state index < -0.39 is 10.0 Å². The van der Waals surface area contributed by atoms with Crippen LogP contribution in [0.4, 0.5) is 0 Å². The summed E-state index contributed by atoms with van der Waals surface area (Å²) >= 11 is 0. The zero-order valence-corrected chi connectivity index (χ0v) is 14.1. The Balaban J connectivity index is 1.47. The molecule has 0 atom stereocenters. The first-order chi connectivity index (χ1) is 12.1. The number of pyridine rings is 1. The Labute approximate surface area is 145 Å². The standard InChI is InChI=1S/C18H16N2O4S/c21-25(22,15-4-6-17-14(10-15)7-9-24-17)20-12-13-3-5-16(19-11-13)18-2-1-8-23-18/h1-6,8,10-11,20H,7,9,12H2. The molecule has 0 unspecified atom stereocenters. The summed E-state index contributed by atoms with van der Waals surface area (Å²) in [5.74, 6) is 1.43. The van der Waals surface area contributed by atoms with Gasteiger partial charge in [0.15, 0.2) is 5.76 Å². The lowest BCUT2D eigenvalue weighted by atomic mass is 10.2. The molecule has 0 amide bonds. The summed E-state index contributed by atoms with van der Waals surface area (Å²) in [7, 11) is -3.59. The van der Waals surface area contributed by atoms with Crippen molar-refractivity contribution in [3.63, 3.8) is 0 Å². The summed E-state index contributed by atoms with van der Waals surface area (Å²) in [6.07, 6.45) is 3.95. The van der Waals surface area contributed by atoms with Gasteiger partial charge in [-0.05, 0) is 47.5 Å². The number of aromatic nitrogens is 1. The normalized spacial score (nSPS) is 13.4. The second kappa shape index (κ2) is 6.34. The van der Waals surface area contributed by atoms with Crippen molar-refractivity contribution in [3.8, 4) is 17.2 Å². The van der Waals surface area contributed by atoms with Crippen LogP contribution in [0.2, 0.25) is 0 Å². The molecule has 128 valence electrons. The fraction of sp³-hybridized carbons (Fsp3) is 0.167. The molecule has 3 heterocycles. The van der Waals surface area contributed by atoms with Gasteiger partial charge in [-0.15, -0.1) is 0 Å². The van der Waals surface area contributed by atoms with Crippen molar-refractivity contribution in [1.82, 2.24) is 9.71 Å². The van der Waals surface area contributed by atoms with Gasteiger partial charge in [0.2, 0.25) is 10.0 Å². The van der Waals surface area contributed by atoms with Crippen molar-refractivity contribution in [2.75, 3.05) is 6.61 Å². The maximum atomic E-state index is 12.5. The second-order valence-corrected chi connectivity index (χ2v) is 7.49. The number of nitrogens with zero attached hydrogens (tertiary/aromatic N) is 1. The van der Waals surface area contributed by atoms with Gasteiger partial charge in [-0.1, -0.05) is 6.07 Å². The minimum atomic E-state index is -3.59. The Bertz CT molecular complexity index is 980. The molecule has 0 saturated carbocycles. The zero-order valence-electron chi connectivity index (χ0n) is 13.3. The third-order valence-corrected chi connectivity index (χ3v) is 5.43. The molecule has 0 saturated heterocycles. The first-order valence-electron chi connectivity index (χ1n) is 7.86. The lowest BCUT2D eigenvalue weighted by Gasteiger charge is -2.08. The summed E-state index contributed by atoms with van der Waals surface area (Å²) in [5, 5.41) is 0. The topological polar surface area (TPSA) is 81.4 Å². The van der Waals surface area contributed by atoms with E-state index in [4.69, 9.17) is 9.15 Å². The number of furan rings is 1. The summed E-state index contributed by atoms with van der Waals surface area (Å²) in [5.41, 5.74) is 2.39. The van der Waals surface area contributed by atoms with Crippen LogP contribution < -0.4 is 9.46 Å². The molecule has 1 aliphatic rings. The van der Waals surface area contributed by atoms with E-state index in [1.165, 1.54) is 0 Å². The highest BCUT2D eigenvalue weighted by molar-refractivity contribution is 7.89. The SMILES string of the molecule is O=S(=O)(NCc1ccc(-c2ccco2)nc1)c1ccc2c(c1)CCO2. The Kier molecular flexibility index (Phi) is 4.03. The van der Waals surface area contributed by atoms with Crippen molar-refractivity contribution in [1.29, 1.82) is 0 Å². The first-order valence-corrected chi connectivity index (χ1v) is 9.34. The fourth-order valence-corrected chi connectivity index (χ4v) is 3.76. The molecule has 0 aliphatic carbocycles. The third kappa shape index (κ3) is 3.29. The van der Waals surface area contributed by atoms with Crippen molar-refractivity contribution >= 4 is 10.0 Å². The molecule has 1 aliphatic heterocycles. The molecule has 6 nitrogen and oxygen atoms in total. The maximum Gasteiger partial charge on any atom is 0.240 e. The van der Waals surface area contributed by atoms with Crippen LogP contribution in [0.5, 0.6) is 5.75 Å². The molecular weight excluding hydrogens is 340 g/mol. The molecule has 0 spiro atoms. The molecule has 4 rings (SSSR count). The summed E-state index contributed by atoms with van der Waals surface area (Å²) in [4.78, 5) is 4.54. The predicted molar refractivity (Wildman–Crippen MR) is 91.6 cm³/mol. The van der Waals surface area contributed by atoms with Crippen molar-refractivity contribution in [2.45, 2.75) is 17.9 Å². The number of hydrogen-bond donors (Lipinski definition) is 1. The molecule has 25 heavy (non-hydrogen) atoms. The zero-order chi connectivity index (χ0) is 17.3. The van der Waals surface area contributed by atoms with Crippen LogP contribution in [0.1, 0.15) is 11.1 Å². The van der Waals surface area contributed by atoms with Crippen LogP contribution in [0.25, 0.3) is 11.5 Å². The van der Waals surface area contributed by atoms with Gasteiger partial charge in [0.1, 0.15) is 11.4 Å². The van der Waals surface area contributed by atoms with E-state index in [9.17, 15) is 8.42 Å². The lowest BCUT2D eigenvalue weighted by Crippen LogP contribution is -2.23. The highest BCUT2D eigenvalue weighted by Gasteiger charge is 2.19. The van der Waals surface area contributed by atoms with Crippen molar-refractivity contribution < 1.29 is 17.6 Å². The highest BCUT2D eigenvalue weighted by Crippen LogP contribution is 2.27. The Morgan fingerprint density at radius 1 is 1.16 bits per heavy atom. The van der Waals surface area contributed by atoms with Crippen LogP contribution in [-0.4, -0.2) is 20.0 Å². The van der Waals surface area contributed by atoms with E-state index in [2.05, 4.69) is 9.71 Å². The van der Waals surface area contributed by atoms with E-state index in [1.54, 1.807) is 42.8 Å². The van der Waals surface area contributed by atoms with Gasteiger partial charge in [0.05, 0.1) is 17.8 Å². The molecule has 3 aromatic rings. The summed E-state index contributed by atoms with van der Waals surface area (Å²) < 4.78 is 38.2. The minimum absolute atomic E-state index is 0.168. The van der Waals surface area contributed by atoms with Crippen LogP contribution in [-0.2, 0) is 23.0 Å². The highest BCUT2D eigenvalue weighted by atomic mass is 32.2. The molecule has 7 heteroatoms. The quantitative estimate of drug-likeness (QED) is 0.760. The van der Waals surface area contributed by atoms with Crippen LogP contribution in [0.15, 0.2) is 64.2 Å². The van der Waals surface area contributed by atoms with E-state index in [0.29, 0.717) is 18.1 Å². The summed E-state index contributed by atoms with van der Waals surface area (Å²) in [6, 6.07) is 12.2. The van der Waals surface area contributed by atoms with E-state index in [1.807, 2.05) is 12.1 Å². The Hall–Kier alpha value is -2.64. The number of sulfonamides is 1. The first kappa shape index (κ1) is 15.9. The molecule has 0 radical (unpaired) electrons. The smallest absolute Gasteiger partial charge is 0.240 e. The van der Waals surface area contributed by atoms with Gasteiger partial charge in [0, 0.05) is 19.2 Å². The molecule has 1 aromatic carbocycles. The largest absolute Gasteiger partial charge is 0.493 e. The Morgan fingerprint density at radius 2 is 2.08 bits per heavy atom. The van der Waals surface area contributed by atoms with Gasteiger partial charge in [-0.3, -0.25) is 4.98 Å². The average molecular weight is 356 g/mol. The van der Waals surface area contributed by atoms with Crippen molar-refractivity contribution in [2.24, 2.45) is 0 Å². The number of ether oxygens (including phenoxy) is 1.